The van der Waals surface area contributed by atoms with E-state index >= 15 is 0 Å². The molecule has 1 aliphatic carbocycles. The zero-order chi connectivity index (χ0) is 9.59. The van der Waals surface area contributed by atoms with Crippen molar-refractivity contribution in [2.75, 3.05) is 0 Å². The largest absolute Gasteiger partial charge is 0.435 e. The molecule has 74 valence electrons. The number of esters is 1. The van der Waals surface area contributed by atoms with Gasteiger partial charge in [-0.1, -0.05) is 13.8 Å². The standard InChI is InChI=1S/C10H16O3/c1-5-3-4-7-6(2)9(11)13-10(12)8(5)7/h5-8,10,12H,3-4H2,1-2H3/t5-,6-,7+,8+,10?/m1/s1. The van der Waals surface area contributed by atoms with Crippen molar-refractivity contribution in [1.29, 1.82) is 0 Å². The maximum atomic E-state index is 11.3. The molecule has 1 heterocycles. The van der Waals surface area contributed by atoms with Crippen LogP contribution in [0, 0.1) is 23.7 Å². The average molecular weight is 184 g/mol. The molecule has 2 aliphatic rings. The van der Waals surface area contributed by atoms with Crippen LogP contribution < -0.4 is 0 Å². The molecule has 0 radical (unpaired) electrons. The van der Waals surface area contributed by atoms with E-state index in [2.05, 4.69) is 6.92 Å². The molecule has 2 rings (SSSR count). The van der Waals surface area contributed by atoms with Gasteiger partial charge in [-0.3, -0.25) is 4.79 Å². The highest BCUT2D eigenvalue weighted by Crippen LogP contribution is 2.46. The summed E-state index contributed by atoms with van der Waals surface area (Å²) >= 11 is 0. The topological polar surface area (TPSA) is 46.5 Å². The Kier molecular flexibility index (Phi) is 2.06. The molecule has 1 saturated heterocycles. The third-order valence-electron chi connectivity index (χ3n) is 3.69. The fourth-order valence-corrected chi connectivity index (χ4v) is 2.82. The highest BCUT2D eigenvalue weighted by Gasteiger charge is 2.48. The molecule has 0 bridgehead atoms. The van der Waals surface area contributed by atoms with Gasteiger partial charge in [0.1, 0.15) is 0 Å². The first-order chi connectivity index (χ1) is 6.11. The molecule has 0 aromatic heterocycles. The second-order valence-electron chi connectivity index (χ2n) is 4.41. The van der Waals surface area contributed by atoms with Gasteiger partial charge >= 0.3 is 5.97 Å². The molecule has 0 aromatic rings. The smallest absolute Gasteiger partial charge is 0.311 e. The average Bonchev–Trinajstić information content (AvgIpc) is 2.44. The number of cyclic esters (lactones) is 1. The summed E-state index contributed by atoms with van der Waals surface area (Å²) in [4.78, 5) is 11.3. The van der Waals surface area contributed by atoms with Crippen LogP contribution in [0.5, 0.6) is 0 Å². The maximum Gasteiger partial charge on any atom is 0.311 e. The number of ether oxygens (including phenoxy) is 1. The number of aliphatic hydroxyl groups is 1. The first-order valence-electron chi connectivity index (χ1n) is 5.00. The van der Waals surface area contributed by atoms with Gasteiger partial charge in [0.05, 0.1) is 5.92 Å². The van der Waals surface area contributed by atoms with Gasteiger partial charge in [0.2, 0.25) is 6.29 Å². The maximum absolute atomic E-state index is 11.3. The predicted molar refractivity (Wildman–Crippen MR) is 46.6 cm³/mol. The molecular weight excluding hydrogens is 168 g/mol. The van der Waals surface area contributed by atoms with E-state index < -0.39 is 6.29 Å². The second kappa shape index (κ2) is 2.98. The van der Waals surface area contributed by atoms with Gasteiger partial charge in [0, 0.05) is 5.92 Å². The van der Waals surface area contributed by atoms with Crippen molar-refractivity contribution in [1.82, 2.24) is 0 Å². The Labute approximate surface area is 78.1 Å². The van der Waals surface area contributed by atoms with Crippen LogP contribution in [0.2, 0.25) is 0 Å². The first-order valence-corrected chi connectivity index (χ1v) is 5.00. The molecular formula is C10H16O3. The number of hydrogen-bond donors (Lipinski definition) is 1. The van der Waals surface area contributed by atoms with Crippen molar-refractivity contribution >= 4 is 5.97 Å². The fraction of sp³-hybridized carbons (Fsp3) is 0.900. The van der Waals surface area contributed by atoms with Gasteiger partial charge < -0.3 is 9.84 Å². The Morgan fingerprint density at radius 3 is 2.77 bits per heavy atom. The van der Waals surface area contributed by atoms with Crippen LogP contribution in [0.15, 0.2) is 0 Å². The van der Waals surface area contributed by atoms with Crippen molar-refractivity contribution in [3.05, 3.63) is 0 Å². The van der Waals surface area contributed by atoms with Crippen molar-refractivity contribution in [2.45, 2.75) is 33.0 Å². The van der Waals surface area contributed by atoms with Gasteiger partial charge in [-0.2, -0.15) is 0 Å². The molecule has 1 aliphatic heterocycles. The lowest BCUT2D eigenvalue weighted by atomic mass is 9.80. The van der Waals surface area contributed by atoms with Crippen LogP contribution >= 0.6 is 0 Å². The summed E-state index contributed by atoms with van der Waals surface area (Å²) in [5.41, 5.74) is 0. The highest BCUT2D eigenvalue weighted by atomic mass is 16.6. The van der Waals surface area contributed by atoms with E-state index in [4.69, 9.17) is 4.74 Å². The van der Waals surface area contributed by atoms with E-state index in [9.17, 15) is 9.90 Å². The van der Waals surface area contributed by atoms with E-state index in [1.165, 1.54) is 0 Å². The summed E-state index contributed by atoms with van der Waals surface area (Å²) in [5, 5.41) is 9.59. The molecule has 3 heteroatoms. The van der Waals surface area contributed by atoms with Crippen LogP contribution in [0.3, 0.4) is 0 Å². The quantitative estimate of drug-likeness (QED) is 0.575. The van der Waals surface area contributed by atoms with Crippen molar-refractivity contribution in [2.24, 2.45) is 23.7 Å². The Morgan fingerprint density at radius 1 is 1.38 bits per heavy atom. The van der Waals surface area contributed by atoms with Crippen LogP contribution in [0.4, 0.5) is 0 Å². The molecule has 0 aromatic carbocycles. The fourth-order valence-electron chi connectivity index (χ4n) is 2.82. The van der Waals surface area contributed by atoms with Gasteiger partial charge in [-0.05, 0) is 24.7 Å². The second-order valence-corrected chi connectivity index (χ2v) is 4.41. The van der Waals surface area contributed by atoms with Gasteiger partial charge in [-0.15, -0.1) is 0 Å². The summed E-state index contributed by atoms with van der Waals surface area (Å²) in [6.45, 7) is 4.03. The minimum atomic E-state index is -0.855. The lowest BCUT2D eigenvalue weighted by Gasteiger charge is -2.35. The summed E-state index contributed by atoms with van der Waals surface area (Å²) in [7, 11) is 0. The van der Waals surface area contributed by atoms with Gasteiger partial charge in [0.25, 0.3) is 0 Å². The Morgan fingerprint density at radius 2 is 2.08 bits per heavy atom. The van der Waals surface area contributed by atoms with Crippen molar-refractivity contribution < 1.29 is 14.6 Å². The van der Waals surface area contributed by atoms with Crippen LogP contribution in [-0.2, 0) is 9.53 Å². The molecule has 13 heavy (non-hydrogen) atoms. The van der Waals surface area contributed by atoms with Crippen LogP contribution in [-0.4, -0.2) is 17.4 Å². The Hall–Kier alpha value is -0.570. The third-order valence-corrected chi connectivity index (χ3v) is 3.69. The summed E-state index contributed by atoms with van der Waals surface area (Å²) in [6.07, 6.45) is 1.30. The van der Waals surface area contributed by atoms with E-state index in [1.807, 2.05) is 6.92 Å². The third kappa shape index (κ3) is 1.26. The SMILES string of the molecule is C[C@@H]1CC[C@@H]2[C@H]1C(O)OC(=O)[C@@H]2C. The summed E-state index contributed by atoms with van der Waals surface area (Å²) in [5.74, 6) is 0.732. The molecule has 0 amide bonds. The molecule has 5 atom stereocenters. The van der Waals surface area contributed by atoms with Gasteiger partial charge in [0.15, 0.2) is 0 Å². The molecule has 2 fully saturated rings. The van der Waals surface area contributed by atoms with E-state index in [0.29, 0.717) is 11.8 Å². The normalized spacial score (nSPS) is 50.1. The minimum absolute atomic E-state index is 0.0293. The van der Waals surface area contributed by atoms with Crippen LogP contribution in [0.1, 0.15) is 26.7 Å². The Balaban J connectivity index is 2.21. The molecule has 0 spiro atoms. The Bertz CT molecular complexity index is 226. The summed E-state index contributed by atoms with van der Waals surface area (Å²) in [6, 6.07) is 0. The number of carbonyl (C=O) groups excluding carboxylic acids is 1. The number of aliphatic hydroxyl groups excluding tert-OH is 1. The van der Waals surface area contributed by atoms with E-state index in [0.717, 1.165) is 12.8 Å². The van der Waals surface area contributed by atoms with E-state index in [-0.39, 0.29) is 17.8 Å². The lowest BCUT2D eigenvalue weighted by Crippen LogP contribution is -2.43. The zero-order valence-corrected chi connectivity index (χ0v) is 8.06. The molecule has 1 N–H and O–H groups in total. The van der Waals surface area contributed by atoms with Crippen molar-refractivity contribution in [3.8, 4) is 0 Å². The number of fused-ring (bicyclic) bond motifs is 1. The molecule has 1 unspecified atom stereocenters. The predicted octanol–water partition coefficient (Wildman–Crippen LogP) is 1.16. The first kappa shape index (κ1) is 9.00. The number of hydrogen-bond acceptors (Lipinski definition) is 3. The lowest BCUT2D eigenvalue weighted by molar-refractivity contribution is -0.206. The van der Waals surface area contributed by atoms with E-state index in [1.54, 1.807) is 0 Å². The van der Waals surface area contributed by atoms with Crippen LogP contribution in [0.25, 0.3) is 0 Å². The summed E-state index contributed by atoms with van der Waals surface area (Å²) < 4.78 is 4.90. The molecule has 1 saturated carbocycles. The zero-order valence-electron chi connectivity index (χ0n) is 8.06. The van der Waals surface area contributed by atoms with Gasteiger partial charge in [-0.25, -0.2) is 0 Å². The molecule has 3 nitrogen and oxygen atoms in total. The number of rotatable bonds is 0. The van der Waals surface area contributed by atoms with Crippen molar-refractivity contribution in [3.63, 3.8) is 0 Å². The highest BCUT2D eigenvalue weighted by molar-refractivity contribution is 5.73. The minimum Gasteiger partial charge on any atom is -0.435 e. The number of carbonyl (C=O) groups is 1. The monoisotopic (exact) mass is 184 g/mol.